The van der Waals surface area contributed by atoms with Crippen molar-refractivity contribution in [2.75, 3.05) is 0 Å². The van der Waals surface area contributed by atoms with E-state index in [-0.39, 0.29) is 67.9 Å². The number of carbonyl (C=O) groups is 2. The fraction of sp³-hybridized carbons (Fsp3) is 0.385. The minimum atomic E-state index is -1.17. The Morgan fingerprint density at radius 3 is 2.41 bits per heavy atom. The molecule has 0 aliphatic heterocycles. The van der Waals surface area contributed by atoms with Crippen molar-refractivity contribution in [2.24, 2.45) is 0 Å². The molecule has 2 atom stereocenters. The van der Waals surface area contributed by atoms with Crippen LogP contribution in [0.4, 0.5) is 4.39 Å². The van der Waals surface area contributed by atoms with Crippen LogP contribution in [0, 0.1) is 5.82 Å². The summed E-state index contributed by atoms with van der Waals surface area (Å²) in [4.78, 5) is 28.2. The van der Waals surface area contributed by atoms with Gasteiger partial charge in [0.1, 0.15) is 5.82 Å². The van der Waals surface area contributed by atoms with Gasteiger partial charge in [0.2, 0.25) is 0 Å². The van der Waals surface area contributed by atoms with Crippen LogP contribution in [0.1, 0.15) is 67.9 Å². The maximum Gasteiger partial charge on any atom is 1.00 e. The van der Waals surface area contributed by atoms with Crippen molar-refractivity contribution in [3.05, 3.63) is 77.1 Å². The molecule has 0 saturated heterocycles. The first-order chi connectivity index (χ1) is 17.2. The normalized spacial score (nSPS) is 12.6. The number of carboxylic acids is 1. The molecule has 0 aliphatic rings. The topological polar surface area (TPSA) is 138 Å². The molecule has 2 heterocycles. The Kier molecular flexibility index (Phi) is 11.9. The predicted octanol–water partition coefficient (Wildman–Crippen LogP) is 0.0955. The van der Waals surface area contributed by atoms with Crippen LogP contribution in [-0.4, -0.2) is 54.2 Å². The Labute approximate surface area is 238 Å². The molecule has 0 saturated carbocycles. The minimum Gasteiger partial charge on any atom is -1.00 e. The first kappa shape index (κ1) is 30.6. The van der Waals surface area contributed by atoms with Gasteiger partial charge in [-0.25, -0.2) is 9.07 Å². The van der Waals surface area contributed by atoms with Crippen molar-refractivity contribution in [2.45, 2.75) is 64.2 Å². The molecule has 11 heteroatoms. The molecule has 194 valence electrons. The van der Waals surface area contributed by atoms with Crippen LogP contribution in [0.2, 0.25) is 0 Å². The molecule has 9 nitrogen and oxygen atoms in total. The fourth-order valence-electron chi connectivity index (χ4n) is 4.05. The van der Waals surface area contributed by atoms with E-state index in [1.807, 2.05) is 19.9 Å². The number of benzene rings is 1. The third-order valence-electron chi connectivity index (χ3n) is 5.71. The summed E-state index contributed by atoms with van der Waals surface area (Å²) in [5.41, 5.74) is 2.83. The Balaban J connectivity index is 0.00000361. The molecule has 0 spiro atoms. The zero-order valence-electron chi connectivity index (χ0n) is 22.3. The van der Waals surface area contributed by atoms with E-state index in [0.717, 1.165) is 0 Å². The number of pyridine rings is 1. The number of nitrogens with zero attached hydrogens (tertiary/aromatic N) is 3. The molecular formula is C26H32FN4NaO5. The number of hydrogen-bond acceptors (Lipinski definition) is 6. The second-order valence-electron chi connectivity index (χ2n) is 8.94. The number of rotatable bonds is 12. The average molecular weight is 523 g/mol. The number of aliphatic carboxylic acids is 1. The summed E-state index contributed by atoms with van der Waals surface area (Å²) in [6, 6.07) is 11.1. The molecule has 0 aliphatic carbocycles. The largest absolute Gasteiger partial charge is 1.00 e. The molecule has 0 fully saturated rings. The van der Waals surface area contributed by atoms with E-state index < -0.39 is 30.4 Å². The first-order valence-electron chi connectivity index (χ1n) is 11.8. The molecule has 0 radical (unpaired) electrons. The van der Waals surface area contributed by atoms with Gasteiger partial charge in [-0.05, 0) is 61.6 Å². The number of hydrogen-bond donors (Lipinski definition) is 4. The monoisotopic (exact) mass is 522 g/mol. The van der Waals surface area contributed by atoms with Gasteiger partial charge in [-0.15, -0.1) is 0 Å². The van der Waals surface area contributed by atoms with Crippen molar-refractivity contribution < 1.29 is 60.3 Å². The number of aliphatic hydroxyl groups is 2. The summed E-state index contributed by atoms with van der Waals surface area (Å²) in [5, 5.41) is 36.5. The fourth-order valence-corrected chi connectivity index (χ4v) is 4.05. The zero-order valence-corrected chi connectivity index (χ0v) is 23.3. The first-order valence-corrected chi connectivity index (χ1v) is 11.8. The summed E-state index contributed by atoms with van der Waals surface area (Å²) in [6.45, 7) is 4.08. The minimum absolute atomic E-state index is 0. The van der Waals surface area contributed by atoms with Crippen molar-refractivity contribution in [3.63, 3.8) is 0 Å². The van der Waals surface area contributed by atoms with Gasteiger partial charge in [0.15, 0.2) is 5.69 Å². The molecule has 4 N–H and O–H groups in total. The Morgan fingerprint density at radius 2 is 1.81 bits per heavy atom. The zero-order chi connectivity index (χ0) is 26.2. The van der Waals surface area contributed by atoms with Gasteiger partial charge in [0.25, 0.3) is 5.91 Å². The summed E-state index contributed by atoms with van der Waals surface area (Å²) in [6.07, 6.45) is -0.533. The second-order valence-corrected chi connectivity index (χ2v) is 8.94. The predicted molar refractivity (Wildman–Crippen MR) is 131 cm³/mol. The molecule has 37 heavy (non-hydrogen) atoms. The number of amides is 1. The number of halogens is 1. The molecule has 3 rings (SSSR count). The smallest absolute Gasteiger partial charge is 1.00 e. The van der Waals surface area contributed by atoms with Gasteiger partial charge in [0, 0.05) is 17.5 Å². The third kappa shape index (κ3) is 8.72. The van der Waals surface area contributed by atoms with Crippen LogP contribution in [0.5, 0.6) is 0 Å². The van der Waals surface area contributed by atoms with E-state index in [9.17, 15) is 24.2 Å². The number of carbonyl (C=O) groups excluding carboxylic acids is 1. The van der Waals surface area contributed by atoms with Crippen LogP contribution < -0.4 is 34.9 Å². The van der Waals surface area contributed by atoms with Gasteiger partial charge in [-0.1, -0.05) is 19.9 Å². The standard InChI is InChI=1S/C26H31FN4O5.Na.H/c1-16(2)24-22(11-10-20(32)13-21(33)14-23(34)35)31(19-8-6-17(27)7-9-19)30-25(24)26(36)29-15-18-5-3-4-12-28-18;;/h3-9,12,16,20-21,32-33H,10-11,13-15H2,1-2H3,(H,29,36)(H,34,35);;/q;+1;-1/t20-,21-;;/m1../s1. The molecular weight excluding hydrogens is 490 g/mol. The van der Waals surface area contributed by atoms with Gasteiger partial charge >= 0.3 is 35.5 Å². The van der Waals surface area contributed by atoms with E-state index in [4.69, 9.17) is 5.11 Å². The third-order valence-corrected chi connectivity index (χ3v) is 5.71. The van der Waals surface area contributed by atoms with E-state index in [2.05, 4.69) is 15.4 Å². The molecule has 2 aromatic heterocycles. The van der Waals surface area contributed by atoms with Crippen LogP contribution in [-0.2, 0) is 17.8 Å². The summed E-state index contributed by atoms with van der Waals surface area (Å²) < 4.78 is 15.1. The van der Waals surface area contributed by atoms with Crippen LogP contribution in [0.25, 0.3) is 5.69 Å². The summed E-state index contributed by atoms with van der Waals surface area (Å²) >= 11 is 0. The molecule has 1 amide bonds. The molecule has 0 unspecified atom stereocenters. The average Bonchev–Trinajstić information content (AvgIpc) is 3.21. The number of aliphatic hydroxyl groups excluding tert-OH is 2. The van der Waals surface area contributed by atoms with Crippen molar-refractivity contribution in [1.29, 1.82) is 0 Å². The number of carboxylic acid groups (broad SMARTS) is 1. The Morgan fingerprint density at radius 1 is 1.11 bits per heavy atom. The molecule has 1 aromatic carbocycles. The van der Waals surface area contributed by atoms with E-state index in [1.54, 1.807) is 35.1 Å². The number of aromatic nitrogens is 3. The number of nitrogens with one attached hydrogen (secondary N) is 1. The van der Waals surface area contributed by atoms with Gasteiger partial charge in [0.05, 0.1) is 36.6 Å². The van der Waals surface area contributed by atoms with Crippen LogP contribution in [0.15, 0.2) is 48.7 Å². The quantitative estimate of drug-likeness (QED) is 0.248. The Hall–Kier alpha value is -2.63. The van der Waals surface area contributed by atoms with Gasteiger partial charge < -0.3 is 22.1 Å². The summed E-state index contributed by atoms with van der Waals surface area (Å²) in [5.74, 6) is -2.04. The molecule has 3 aromatic rings. The molecule has 0 bridgehead atoms. The van der Waals surface area contributed by atoms with E-state index in [1.165, 1.54) is 12.1 Å². The SMILES string of the molecule is CC(C)c1c(C(=O)NCc2ccccn2)nn(-c2ccc(F)cc2)c1CC[C@@H](O)C[C@@H](O)CC(=O)O.[H-].[Na+]. The van der Waals surface area contributed by atoms with Crippen molar-refractivity contribution in [3.8, 4) is 5.69 Å². The van der Waals surface area contributed by atoms with E-state index in [0.29, 0.717) is 29.1 Å². The van der Waals surface area contributed by atoms with E-state index >= 15 is 0 Å². The van der Waals surface area contributed by atoms with Crippen molar-refractivity contribution in [1.82, 2.24) is 20.1 Å². The maximum absolute atomic E-state index is 13.6. The second kappa shape index (κ2) is 14.3. The van der Waals surface area contributed by atoms with Crippen molar-refractivity contribution >= 4 is 11.9 Å². The Bertz CT molecular complexity index is 1180. The summed E-state index contributed by atoms with van der Waals surface area (Å²) in [7, 11) is 0. The van der Waals surface area contributed by atoms with Gasteiger partial charge in [-0.2, -0.15) is 5.10 Å². The van der Waals surface area contributed by atoms with Gasteiger partial charge in [-0.3, -0.25) is 14.6 Å². The maximum atomic E-state index is 13.6. The van der Waals surface area contributed by atoms with Crippen LogP contribution in [0.3, 0.4) is 0 Å². The van der Waals surface area contributed by atoms with Crippen LogP contribution >= 0.6 is 0 Å².